The molecule has 0 amide bonds. The molecular weight excluding hydrogens is 266 g/mol. The second-order valence-electron chi connectivity index (χ2n) is 4.18. The molecule has 7 nitrogen and oxygen atoms in total. The van der Waals surface area contributed by atoms with Crippen LogP contribution in [0.25, 0.3) is 0 Å². The number of anilines is 1. The highest BCUT2D eigenvalue weighted by Gasteiger charge is 2.17. The van der Waals surface area contributed by atoms with Crippen molar-refractivity contribution in [2.24, 2.45) is 7.05 Å². The summed E-state index contributed by atoms with van der Waals surface area (Å²) >= 11 is 0. The Morgan fingerprint density at radius 1 is 1.42 bits per heavy atom. The predicted octanol–water partition coefficient (Wildman–Crippen LogP) is 0.184. The number of aromatic nitrogens is 3. The third-order valence-electron chi connectivity index (χ3n) is 2.57. The summed E-state index contributed by atoms with van der Waals surface area (Å²) in [6.07, 6.45) is 1.51. The van der Waals surface area contributed by atoms with Crippen LogP contribution in [-0.4, -0.2) is 23.2 Å². The lowest BCUT2D eigenvalue weighted by molar-refractivity contribution is 0.578. The monoisotopic (exact) mass is 281 g/mol. The van der Waals surface area contributed by atoms with E-state index in [-0.39, 0.29) is 11.4 Å². The molecule has 0 spiro atoms. The molecule has 0 aliphatic heterocycles. The van der Waals surface area contributed by atoms with E-state index in [1.54, 1.807) is 26.1 Å². The molecule has 0 radical (unpaired) electrons. The van der Waals surface area contributed by atoms with Gasteiger partial charge in [-0.25, -0.2) is 18.1 Å². The van der Waals surface area contributed by atoms with E-state index >= 15 is 0 Å². The average Bonchev–Trinajstić information content (AvgIpc) is 2.76. The molecule has 1 heterocycles. The minimum Gasteiger partial charge on any atom is -0.399 e. The van der Waals surface area contributed by atoms with Gasteiger partial charge in [0.25, 0.3) is 0 Å². The summed E-state index contributed by atoms with van der Waals surface area (Å²) in [5, 5.41) is 4.00. The second kappa shape index (κ2) is 4.98. The van der Waals surface area contributed by atoms with Gasteiger partial charge >= 0.3 is 0 Å². The molecule has 0 aliphatic rings. The minimum atomic E-state index is -3.62. The Morgan fingerprint density at radius 2 is 2.16 bits per heavy atom. The third-order valence-corrected chi connectivity index (χ3v) is 4.11. The number of hydrogen-bond acceptors (Lipinski definition) is 5. The van der Waals surface area contributed by atoms with Crippen molar-refractivity contribution in [2.45, 2.75) is 18.4 Å². The maximum atomic E-state index is 12.2. The fourth-order valence-electron chi connectivity index (χ4n) is 1.61. The molecule has 102 valence electrons. The van der Waals surface area contributed by atoms with Gasteiger partial charge in [0.2, 0.25) is 10.0 Å². The van der Waals surface area contributed by atoms with Crippen molar-refractivity contribution in [3.05, 3.63) is 35.9 Å². The van der Waals surface area contributed by atoms with Crippen LogP contribution in [0.15, 0.2) is 29.4 Å². The van der Waals surface area contributed by atoms with Crippen LogP contribution in [0.2, 0.25) is 0 Å². The minimum absolute atomic E-state index is 0.0391. The number of nitrogen functional groups attached to an aromatic ring is 1. The predicted molar refractivity (Wildman–Crippen MR) is 70.6 cm³/mol. The van der Waals surface area contributed by atoms with Crippen LogP contribution in [0.5, 0.6) is 0 Å². The standard InChI is InChI=1S/C11H15N5O2S/c1-8-3-4-9(12)5-10(8)19(17,18)14-6-11-13-7-16(2)15-11/h3-5,7,14H,6,12H2,1-2H3. The summed E-state index contributed by atoms with van der Waals surface area (Å²) in [6, 6.07) is 4.76. The number of hydrogen-bond donors (Lipinski definition) is 2. The van der Waals surface area contributed by atoms with Gasteiger partial charge in [0.05, 0.1) is 11.4 Å². The van der Waals surface area contributed by atoms with Crippen molar-refractivity contribution >= 4 is 15.7 Å². The Bertz CT molecular complexity index is 693. The van der Waals surface area contributed by atoms with Crippen LogP contribution < -0.4 is 10.5 Å². The highest BCUT2D eigenvalue weighted by Crippen LogP contribution is 2.18. The number of sulfonamides is 1. The van der Waals surface area contributed by atoms with Gasteiger partial charge in [0.15, 0.2) is 5.82 Å². The van der Waals surface area contributed by atoms with E-state index in [9.17, 15) is 8.42 Å². The molecule has 0 fully saturated rings. The normalized spacial score (nSPS) is 11.7. The Kier molecular flexibility index (Phi) is 3.54. The zero-order chi connectivity index (χ0) is 14.0. The number of nitrogens with two attached hydrogens (primary N) is 1. The summed E-state index contributed by atoms with van der Waals surface area (Å²) in [5.41, 5.74) is 6.65. The fourth-order valence-corrected chi connectivity index (χ4v) is 2.87. The van der Waals surface area contributed by atoms with E-state index in [2.05, 4.69) is 14.8 Å². The van der Waals surface area contributed by atoms with Crippen molar-refractivity contribution < 1.29 is 8.42 Å². The zero-order valence-corrected chi connectivity index (χ0v) is 11.5. The van der Waals surface area contributed by atoms with E-state index in [1.165, 1.54) is 17.1 Å². The van der Waals surface area contributed by atoms with Gasteiger partial charge in [0.1, 0.15) is 6.33 Å². The van der Waals surface area contributed by atoms with Gasteiger partial charge in [-0.2, -0.15) is 5.10 Å². The largest absolute Gasteiger partial charge is 0.399 e. The van der Waals surface area contributed by atoms with Crippen LogP contribution >= 0.6 is 0 Å². The smallest absolute Gasteiger partial charge is 0.241 e. The van der Waals surface area contributed by atoms with Gasteiger partial charge in [-0.1, -0.05) is 6.07 Å². The van der Waals surface area contributed by atoms with Crippen molar-refractivity contribution in [3.8, 4) is 0 Å². The average molecular weight is 281 g/mol. The summed E-state index contributed by atoms with van der Waals surface area (Å²) < 4.78 is 28.3. The molecule has 2 aromatic rings. The van der Waals surface area contributed by atoms with E-state index in [0.717, 1.165) is 0 Å². The second-order valence-corrected chi connectivity index (χ2v) is 5.92. The van der Waals surface area contributed by atoms with Crippen LogP contribution in [-0.2, 0) is 23.6 Å². The molecule has 0 aliphatic carbocycles. The lowest BCUT2D eigenvalue weighted by Crippen LogP contribution is -2.24. The molecule has 8 heteroatoms. The molecule has 0 saturated heterocycles. The first-order valence-corrected chi connectivity index (χ1v) is 7.07. The summed E-state index contributed by atoms with van der Waals surface area (Å²) in [5.74, 6) is 0.410. The number of nitrogens with zero attached hydrogens (tertiary/aromatic N) is 3. The maximum absolute atomic E-state index is 12.2. The third kappa shape index (κ3) is 3.09. The number of nitrogens with one attached hydrogen (secondary N) is 1. The van der Waals surface area contributed by atoms with Gasteiger partial charge < -0.3 is 5.73 Å². The van der Waals surface area contributed by atoms with E-state index in [4.69, 9.17) is 5.73 Å². The molecule has 0 atom stereocenters. The zero-order valence-electron chi connectivity index (χ0n) is 10.7. The fraction of sp³-hybridized carbons (Fsp3) is 0.273. The highest BCUT2D eigenvalue weighted by atomic mass is 32.2. The van der Waals surface area contributed by atoms with Gasteiger partial charge in [-0.3, -0.25) is 4.68 Å². The quantitative estimate of drug-likeness (QED) is 0.778. The highest BCUT2D eigenvalue weighted by molar-refractivity contribution is 7.89. The van der Waals surface area contributed by atoms with E-state index in [1.807, 2.05) is 0 Å². The lowest BCUT2D eigenvalue weighted by Gasteiger charge is -2.08. The van der Waals surface area contributed by atoms with E-state index in [0.29, 0.717) is 17.1 Å². The topological polar surface area (TPSA) is 103 Å². The molecule has 19 heavy (non-hydrogen) atoms. The summed E-state index contributed by atoms with van der Waals surface area (Å²) in [4.78, 5) is 4.12. The van der Waals surface area contributed by atoms with Crippen molar-refractivity contribution in [1.82, 2.24) is 19.5 Å². The SMILES string of the molecule is Cc1ccc(N)cc1S(=O)(=O)NCc1ncn(C)n1. The van der Waals surface area contributed by atoms with Crippen molar-refractivity contribution in [2.75, 3.05) is 5.73 Å². The van der Waals surface area contributed by atoms with Crippen molar-refractivity contribution in [3.63, 3.8) is 0 Å². The van der Waals surface area contributed by atoms with Gasteiger partial charge in [-0.05, 0) is 24.6 Å². The lowest BCUT2D eigenvalue weighted by atomic mass is 10.2. The number of aryl methyl sites for hydroxylation is 2. The molecule has 1 aromatic heterocycles. The Morgan fingerprint density at radius 3 is 2.79 bits per heavy atom. The molecule has 3 N–H and O–H groups in total. The first-order chi connectivity index (χ1) is 8.88. The molecule has 2 rings (SSSR count). The van der Waals surface area contributed by atoms with Gasteiger partial charge in [0, 0.05) is 12.7 Å². The van der Waals surface area contributed by atoms with Crippen LogP contribution in [0.1, 0.15) is 11.4 Å². The molecule has 0 unspecified atom stereocenters. The molecule has 0 bridgehead atoms. The first kappa shape index (κ1) is 13.5. The Hall–Kier alpha value is -1.93. The summed E-state index contributed by atoms with van der Waals surface area (Å²) in [6.45, 7) is 1.75. The van der Waals surface area contributed by atoms with E-state index < -0.39 is 10.0 Å². The number of benzene rings is 1. The molecule has 0 saturated carbocycles. The first-order valence-electron chi connectivity index (χ1n) is 5.59. The maximum Gasteiger partial charge on any atom is 0.241 e. The van der Waals surface area contributed by atoms with Crippen LogP contribution in [0, 0.1) is 6.92 Å². The Labute approximate surface area is 111 Å². The Balaban J connectivity index is 2.20. The molecule has 1 aromatic carbocycles. The van der Waals surface area contributed by atoms with Gasteiger partial charge in [-0.15, -0.1) is 0 Å². The number of rotatable bonds is 4. The van der Waals surface area contributed by atoms with Crippen LogP contribution in [0.3, 0.4) is 0 Å². The van der Waals surface area contributed by atoms with Crippen molar-refractivity contribution in [1.29, 1.82) is 0 Å². The summed E-state index contributed by atoms with van der Waals surface area (Å²) in [7, 11) is -1.91. The van der Waals surface area contributed by atoms with Crippen LogP contribution in [0.4, 0.5) is 5.69 Å². The molecular formula is C11H15N5O2S.